The van der Waals surface area contributed by atoms with Crippen LogP contribution in [-0.2, 0) is 4.79 Å². The van der Waals surface area contributed by atoms with Crippen molar-refractivity contribution in [2.45, 2.75) is 83.2 Å². The average molecular weight is 386 g/mol. The first-order valence-electron chi connectivity index (χ1n) is 9.48. The zero-order valence-electron chi connectivity index (χ0n) is 15.2. The molecule has 0 aromatic heterocycles. The Bertz CT molecular complexity index is 315. The normalized spacial score (nSPS) is 11.7. The number of unbranched alkanes of at least 4 members (excludes halogenated alkanes) is 8. The summed E-state index contributed by atoms with van der Waals surface area (Å²) in [6, 6.07) is 0. The SMILES string of the molecule is O=C(CCCCCCSCCC(F)(F)F)NCCCCCCCCO. The van der Waals surface area contributed by atoms with Crippen molar-refractivity contribution in [2.75, 3.05) is 24.7 Å². The summed E-state index contributed by atoms with van der Waals surface area (Å²) in [6.07, 6.45) is 5.83. The minimum Gasteiger partial charge on any atom is -0.396 e. The van der Waals surface area contributed by atoms with E-state index in [0.717, 1.165) is 76.5 Å². The summed E-state index contributed by atoms with van der Waals surface area (Å²) in [5.41, 5.74) is 0. The molecule has 25 heavy (non-hydrogen) atoms. The van der Waals surface area contributed by atoms with Gasteiger partial charge < -0.3 is 10.4 Å². The van der Waals surface area contributed by atoms with Gasteiger partial charge in [-0.25, -0.2) is 0 Å². The highest BCUT2D eigenvalue weighted by Crippen LogP contribution is 2.22. The molecule has 0 atom stereocenters. The summed E-state index contributed by atoms with van der Waals surface area (Å²) in [4.78, 5) is 11.6. The molecule has 0 rings (SSSR count). The third-order valence-corrected chi connectivity index (χ3v) is 4.95. The van der Waals surface area contributed by atoms with E-state index in [0.29, 0.717) is 6.42 Å². The van der Waals surface area contributed by atoms with E-state index in [1.54, 1.807) is 0 Å². The molecule has 0 bridgehead atoms. The molecule has 0 aliphatic heterocycles. The summed E-state index contributed by atoms with van der Waals surface area (Å²) in [6.45, 7) is 1.00. The Kier molecular flexibility index (Phi) is 16.7. The predicted molar refractivity (Wildman–Crippen MR) is 98.9 cm³/mol. The van der Waals surface area contributed by atoms with Gasteiger partial charge in [0.25, 0.3) is 0 Å². The molecular formula is C18H34F3NO2S. The van der Waals surface area contributed by atoms with Gasteiger partial charge in [-0.1, -0.05) is 38.5 Å². The van der Waals surface area contributed by atoms with E-state index in [4.69, 9.17) is 5.11 Å². The highest BCUT2D eigenvalue weighted by Gasteiger charge is 2.25. The zero-order chi connectivity index (χ0) is 18.8. The first-order valence-corrected chi connectivity index (χ1v) is 10.6. The van der Waals surface area contributed by atoms with Crippen LogP contribution >= 0.6 is 11.8 Å². The number of aliphatic hydroxyl groups is 1. The van der Waals surface area contributed by atoms with E-state index in [-0.39, 0.29) is 18.3 Å². The summed E-state index contributed by atoms with van der Waals surface area (Å²) in [5, 5.41) is 11.6. The van der Waals surface area contributed by atoms with Crippen molar-refractivity contribution in [3.05, 3.63) is 0 Å². The highest BCUT2D eigenvalue weighted by atomic mass is 32.2. The topological polar surface area (TPSA) is 49.3 Å². The Balaban J connectivity index is 3.20. The minimum atomic E-state index is -4.04. The van der Waals surface area contributed by atoms with Crippen LogP contribution < -0.4 is 5.32 Å². The molecule has 1 amide bonds. The number of carbonyl (C=O) groups is 1. The molecule has 0 radical (unpaired) electrons. The maximum atomic E-state index is 11.9. The van der Waals surface area contributed by atoms with Gasteiger partial charge >= 0.3 is 6.18 Å². The summed E-state index contributed by atoms with van der Waals surface area (Å²) in [7, 11) is 0. The second-order valence-electron chi connectivity index (χ2n) is 6.34. The monoisotopic (exact) mass is 385 g/mol. The second-order valence-corrected chi connectivity index (χ2v) is 7.56. The third-order valence-electron chi connectivity index (χ3n) is 3.88. The number of alkyl halides is 3. The first-order chi connectivity index (χ1) is 12.0. The van der Waals surface area contributed by atoms with Crippen LogP contribution in [0.5, 0.6) is 0 Å². The Labute approximate surface area is 154 Å². The molecule has 0 unspecified atom stereocenters. The molecule has 3 nitrogen and oxygen atoms in total. The molecule has 0 aromatic carbocycles. The van der Waals surface area contributed by atoms with E-state index < -0.39 is 12.6 Å². The van der Waals surface area contributed by atoms with Crippen LogP contribution in [0.2, 0.25) is 0 Å². The molecule has 2 N–H and O–H groups in total. The van der Waals surface area contributed by atoms with Gasteiger partial charge in [0.1, 0.15) is 0 Å². The van der Waals surface area contributed by atoms with Gasteiger partial charge in [-0.3, -0.25) is 4.79 Å². The first kappa shape index (κ1) is 24.6. The van der Waals surface area contributed by atoms with Crippen LogP contribution in [0.1, 0.15) is 77.0 Å². The molecule has 0 fully saturated rings. The van der Waals surface area contributed by atoms with Crippen LogP contribution in [-0.4, -0.2) is 41.8 Å². The lowest BCUT2D eigenvalue weighted by Crippen LogP contribution is -2.23. The zero-order valence-corrected chi connectivity index (χ0v) is 16.0. The van der Waals surface area contributed by atoms with Crippen LogP contribution in [0.4, 0.5) is 13.2 Å². The molecule has 0 saturated heterocycles. The highest BCUT2D eigenvalue weighted by molar-refractivity contribution is 7.99. The van der Waals surface area contributed by atoms with Gasteiger partial charge in [-0.15, -0.1) is 0 Å². The fourth-order valence-corrected chi connectivity index (χ4v) is 3.38. The number of rotatable bonds is 17. The van der Waals surface area contributed by atoms with Gasteiger partial charge in [0.15, 0.2) is 0 Å². The van der Waals surface area contributed by atoms with Gasteiger partial charge in [-0.05, 0) is 31.4 Å². The molecule has 0 spiro atoms. The van der Waals surface area contributed by atoms with Gasteiger partial charge in [0.05, 0.1) is 6.42 Å². The van der Waals surface area contributed by atoms with Crippen molar-refractivity contribution in [1.82, 2.24) is 5.32 Å². The van der Waals surface area contributed by atoms with E-state index in [9.17, 15) is 18.0 Å². The van der Waals surface area contributed by atoms with E-state index in [1.807, 2.05) is 0 Å². The fraction of sp³-hybridized carbons (Fsp3) is 0.944. The number of aliphatic hydroxyl groups excluding tert-OH is 1. The summed E-state index contributed by atoms with van der Waals surface area (Å²) < 4.78 is 35.8. The van der Waals surface area contributed by atoms with Crippen molar-refractivity contribution >= 4 is 17.7 Å². The number of nitrogens with one attached hydrogen (secondary N) is 1. The Morgan fingerprint density at radius 3 is 2.12 bits per heavy atom. The average Bonchev–Trinajstić information content (AvgIpc) is 2.54. The molecule has 0 aromatic rings. The van der Waals surface area contributed by atoms with Crippen LogP contribution in [0.25, 0.3) is 0 Å². The van der Waals surface area contributed by atoms with Crippen molar-refractivity contribution in [3.63, 3.8) is 0 Å². The van der Waals surface area contributed by atoms with Crippen molar-refractivity contribution in [3.8, 4) is 0 Å². The lowest BCUT2D eigenvalue weighted by Gasteiger charge is -2.06. The van der Waals surface area contributed by atoms with Gasteiger partial charge in [0.2, 0.25) is 5.91 Å². The number of carbonyl (C=O) groups excluding carboxylic acids is 1. The quantitative estimate of drug-likeness (QED) is 0.344. The fourth-order valence-electron chi connectivity index (χ4n) is 2.39. The van der Waals surface area contributed by atoms with Gasteiger partial charge in [0, 0.05) is 25.3 Å². The van der Waals surface area contributed by atoms with E-state index in [1.165, 1.54) is 11.8 Å². The number of hydrogen-bond acceptors (Lipinski definition) is 3. The van der Waals surface area contributed by atoms with Crippen LogP contribution in [0, 0.1) is 0 Å². The van der Waals surface area contributed by atoms with Crippen LogP contribution in [0.3, 0.4) is 0 Å². The molecule has 0 aliphatic rings. The van der Waals surface area contributed by atoms with E-state index >= 15 is 0 Å². The number of hydrogen-bond donors (Lipinski definition) is 2. The predicted octanol–water partition coefficient (Wildman–Crippen LogP) is 5.07. The van der Waals surface area contributed by atoms with E-state index in [2.05, 4.69) is 5.32 Å². The largest absolute Gasteiger partial charge is 0.396 e. The van der Waals surface area contributed by atoms with Crippen molar-refractivity contribution in [1.29, 1.82) is 0 Å². The Morgan fingerprint density at radius 2 is 1.44 bits per heavy atom. The minimum absolute atomic E-state index is 0.0971. The third kappa shape index (κ3) is 21.5. The lowest BCUT2D eigenvalue weighted by atomic mass is 10.1. The van der Waals surface area contributed by atoms with Crippen molar-refractivity contribution in [2.24, 2.45) is 0 Å². The molecule has 7 heteroatoms. The number of halogens is 3. The Morgan fingerprint density at radius 1 is 0.840 bits per heavy atom. The maximum Gasteiger partial charge on any atom is 0.389 e. The van der Waals surface area contributed by atoms with Crippen LogP contribution in [0.15, 0.2) is 0 Å². The number of amides is 1. The molecule has 150 valence electrons. The number of thioether (sulfide) groups is 1. The second kappa shape index (κ2) is 17.0. The molecule has 0 heterocycles. The Hall–Kier alpha value is -0.430. The molecular weight excluding hydrogens is 351 g/mol. The van der Waals surface area contributed by atoms with Gasteiger partial charge in [-0.2, -0.15) is 24.9 Å². The lowest BCUT2D eigenvalue weighted by molar-refractivity contribution is -0.129. The molecule has 0 aliphatic carbocycles. The maximum absolute atomic E-state index is 11.9. The smallest absolute Gasteiger partial charge is 0.389 e. The standard InChI is InChI=1S/C18H34F3NO2S/c19-18(20,21)12-16-25-15-10-6-3-7-11-17(24)22-13-8-4-1-2-5-9-14-23/h23H,1-16H2,(H,22,24). The molecule has 0 saturated carbocycles. The summed E-state index contributed by atoms with van der Waals surface area (Å²) >= 11 is 1.35. The summed E-state index contributed by atoms with van der Waals surface area (Å²) in [5.74, 6) is 1.01. The van der Waals surface area contributed by atoms with Crippen molar-refractivity contribution < 1.29 is 23.1 Å².